The SMILES string of the molecule is Cl.c1cncc(CN(Cc2cccs2)Cc2ccccc2N2CCCCC2)c1. The number of thiophene rings is 1. The van der Waals surface area contributed by atoms with Crippen molar-refractivity contribution in [3.05, 3.63) is 82.3 Å². The van der Waals surface area contributed by atoms with E-state index in [0.29, 0.717) is 0 Å². The van der Waals surface area contributed by atoms with E-state index in [-0.39, 0.29) is 12.4 Å². The highest BCUT2D eigenvalue weighted by Gasteiger charge is 2.16. The summed E-state index contributed by atoms with van der Waals surface area (Å²) in [4.78, 5) is 10.8. The molecule has 1 aliphatic rings. The minimum Gasteiger partial charge on any atom is -0.371 e. The number of benzene rings is 1. The summed E-state index contributed by atoms with van der Waals surface area (Å²) in [5, 5.41) is 2.17. The van der Waals surface area contributed by atoms with E-state index in [0.717, 1.165) is 19.6 Å². The number of hydrogen-bond donors (Lipinski definition) is 0. The van der Waals surface area contributed by atoms with Crippen molar-refractivity contribution in [1.82, 2.24) is 9.88 Å². The fourth-order valence-corrected chi connectivity index (χ4v) is 4.62. The summed E-state index contributed by atoms with van der Waals surface area (Å²) in [6.45, 7) is 5.22. The third-order valence-electron chi connectivity index (χ3n) is 5.17. The molecule has 0 atom stereocenters. The van der Waals surface area contributed by atoms with Crippen LogP contribution in [0.15, 0.2) is 66.3 Å². The Kier molecular flexibility index (Phi) is 7.90. The van der Waals surface area contributed by atoms with Gasteiger partial charge in [-0.05, 0) is 54.0 Å². The van der Waals surface area contributed by atoms with Crippen LogP contribution in [0.25, 0.3) is 0 Å². The number of piperidine rings is 1. The summed E-state index contributed by atoms with van der Waals surface area (Å²) in [5.41, 5.74) is 4.11. The van der Waals surface area contributed by atoms with Crippen molar-refractivity contribution in [2.75, 3.05) is 18.0 Å². The Bertz CT molecular complexity index is 817. The molecule has 1 fully saturated rings. The lowest BCUT2D eigenvalue weighted by Crippen LogP contribution is -2.31. The predicted molar refractivity (Wildman–Crippen MR) is 121 cm³/mol. The Balaban J connectivity index is 0.00000225. The van der Waals surface area contributed by atoms with Gasteiger partial charge in [0.05, 0.1) is 0 Å². The van der Waals surface area contributed by atoms with Crippen LogP contribution < -0.4 is 4.90 Å². The quantitative estimate of drug-likeness (QED) is 0.491. The number of halogens is 1. The van der Waals surface area contributed by atoms with Crippen molar-refractivity contribution in [3.8, 4) is 0 Å². The Morgan fingerprint density at radius 3 is 2.50 bits per heavy atom. The smallest absolute Gasteiger partial charge is 0.0411 e. The van der Waals surface area contributed by atoms with Crippen molar-refractivity contribution in [2.24, 2.45) is 0 Å². The number of pyridine rings is 1. The second kappa shape index (κ2) is 10.6. The molecule has 0 saturated carbocycles. The van der Waals surface area contributed by atoms with E-state index in [1.54, 1.807) is 0 Å². The summed E-state index contributed by atoms with van der Waals surface area (Å²) in [6, 6.07) is 17.5. The van der Waals surface area contributed by atoms with Crippen molar-refractivity contribution >= 4 is 29.4 Å². The molecule has 0 bridgehead atoms. The summed E-state index contributed by atoms with van der Waals surface area (Å²) < 4.78 is 0. The zero-order valence-corrected chi connectivity index (χ0v) is 17.8. The van der Waals surface area contributed by atoms with Crippen molar-refractivity contribution in [2.45, 2.75) is 38.9 Å². The first-order valence-corrected chi connectivity index (χ1v) is 10.7. The number of anilines is 1. The fourth-order valence-electron chi connectivity index (χ4n) is 3.87. The van der Waals surface area contributed by atoms with Gasteiger partial charge >= 0.3 is 0 Å². The molecule has 28 heavy (non-hydrogen) atoms. The van der Waals surface area contributed by atoms with Gasteiger partial charge in [-0.3, -0.25) is 9.88 Å². The average Bonchev–Trinajstić information content (AvgIpc) is 3.23. The Labute approximate surface area is 178 Å². The molecule has 0 radical (unpaired) electrons. The first kappa shape index (κ1) is 20.8. The van der Waals surface area contributed by atoms with E-state index >= 15 is 0 Å². The van der Waals surface area contributed by atoms with Gasteiger partial charge in [0, 0.05) is 55.7 Å². The highest BCUT2D eigenvalue weighted by Crippen LogP contribution is 2.26. The normalized spacial score (nSPS) is 14.1. The van der Waals surface area contributed by atoms with Gasteiger partial charge in [-0.2, -0.15) is 0 Å². The van der Waals surface area contributed by atoms with E-state index in [1.165, 1.54) is 54.0 Å². The van der Waals surface area contributed by atoms with E-state index in [2.05, 4.69) is 62.6 Å². The summed E-state index contributed by atoms with van der Waals surface area (Å²) >= 11 is 1.84. The van der Waals surface area contributed by atoms with Crippen molar-refractivity contribution < 1.29 is 0 Å². The zero-order valence-electron chi connectivity index (χ0n) is 16.2. The second-order valence-corrected chi connectivity index (χ2v) is 8.29. The van der Waals surface area contributed by atoms with Crippen LogP contribution in [0.4, 0.5) is 5.69 Å². The molecule has 1 aliphatic heterocycles. The van der Waals surface area contributed by atoms with E-state index < -0.39 is 0 Å². The lowest BCUT2D eigenvalue weighted by molar-refractivity contribution is 0.250. The molecule has 3 aromatic rings. The van der Waals surface area contributed by atoms with Gasteiger partial charge in [-0.25, -0.2) is 0 Å². The van der Waals surface area contributed by atoms with Gasteiger partial charge in [-0.1, -0.05) is 30.3 Å². The Morgan fingerprint density at radius 2 is 1.75 bits per heavy atom. The second-order valence-electron chi connectivity index (χ2n) is 7.26. The minimum absolute atomic E-state index is 0. The maximum Gasteiger partial charge on any atom is 0.0411 e. The van der Waals surface area contributed by atoms with Gasteiger partial charge < -0.3 is 4.90 Å². The largest absolute Gasteiger partial charge is 0.371 e. The standard InChI is InChI=1S/C23H27N3S.ClH/c1-4-13-26(14-5-1)23-11-3-2-9-21(23)18-25(19-22-10-7-15-27-22)17-20-8-6-12-24-16-20;/h2-3,6-12,15-16H,1,4-5,13-14,17-19H2;1H. The average molecular weight is 414 g/mol. The van der Waals surface area contributed by atoms with Crippen LogP contribution in [0.5, 0.6) is 0 Å². The molecule has 0 unspecified atom stereocenters. The van der Waals surface area contributed by atoms with Crippen LogP contribution in [0.1, 0.15) is 35.3 Å². The van der Waals surface area contributed by atoms with Gasteiger partial charge in [0.25, 0.3) is 0 Å². The maximum atomic E-state index is 4.30. The van der Waals surface area contributed by atoms with Gasteiger partial charge in [0.1, 0.15) is 0 Å². The molecule has 1 saturated heterocycles. The topological polar surface area (TPSA) is 19.4 Å². The predicted octanol–water partition coefficient (Wildman–Crippen LogP) is 5.76. The van der Waals surface area contributed by atoms with E-state index in [4.69, 9.17) is 0 Å². The molecule has 1 aromatic carbocycles. The third-order valence-corrected chi connectivity index (χ3v) is 6.03. The Morgan fingerprint density at radius 1 is 0.893 bits per heavy atom. The highest BCUT2D eigenvalue weighted by molar-refractivity contribution is 7.09. The van der Waals surface area contributed by atoms with Gasteiger partial charge in [0.2, 0.25) is 0 Å². The van der Waals surface area contributed by atoms with Crippen LogP contribution in [0, 0.1) is 0 Å². The van der Waals surface area contributed by atoms with E-state index in [1.807, 2.05) is 29.8 Å². The molecule has 4 rings (SSSR count). The minimum atomic E-state index is 0. The Hall–Kier alpha value is -1.88. The van der Waals surface area contributed by atoms with E-state index in [9.17, 15) is 0 Å². The highest BCUT2D eigenvalue weighted by atomic mass is 35.5. The molecule has 3 nitrogen and oxygen atoms in total. The van der Waals surface area contributed by atoms with Crippen LogP contribution in [-0.2, 0) is 19.6 Å². The van der Waals surface area contributed by atoms with Gasteiger partial charge in [0.15, 0.2) is 0 Å². The number of para-hydroxylation sites is 1. The molecule has 148 valence electrons. The molecule has 0 N–H and O–H groups in total. The molecule has 5 heteroatoms. The lowest BCUT2D eigenvalue weighted by Gasteiger charge is -2.32. The zero-order chi connectivity index (χ0) is 18.3. The van der Waals surface area contributed by atoms with Crippen LogP contribution in [-0.4, -0.2) is 23.0 Å². The first-order valence-electron chi connectivity index (χ1n) is 9.85. The van der Waals surface area contributed by atoms with Gasteiger partial charge in [-0.15, -0.1) is 23.7 Å². The fraction of sp³-hybridized carbons (Fsp3) is 0.348. The molecule has 0 amide bonds. The molecule has 2 aromatic heterocycles. The number of hydrogen-bond acceptors (Lipinski definition) is 4. The maximum absolute atomic E-state index is 4.30. The van der Waals surface area contributed by atoms with Crippen molar-refractivity contribution in [1.29, 1.82) is 0 Å². The molecular weight excluding hydrogens is 386 g/mol. The van der Waals surface area contributed by atoms with Crippen LogP contribution in [0.3, 0.4) is 0 Å². The molecular formula is C23H28ClN3S. The lowest BCUT2D eigenvalue weighted by atomic mass is 10.1. The number of rotatable bonds is 7. The molecule has 0 spiro atoms. The van der Waals surface area contributed by atoms with Crippen LogP contribution >= 0.6 is 23.7 Å². The van der Waals surface area contributed by atoms with Crippen LogP contribution in [0.2, 0.25) is 0 Å². The molecule has 0 aliphatic carbocycles. The summed E-state index contributed by atoms with van der Waals surface area (Å²) in [7, 11) is 0. The van der Waals surface area contributed by atoms with Crippen molar-refractivity contribution in [3.63, 3.8) is 0 Å². The molecule has 3 heterocycles. The summed E-state index contributed by atoms with van der Waals surface area (Å²) in [5.74, 6) is 0. The number of nitrogens with zero attached hydrogens (tertiary/aromatic N) is 3. The summed E-state index contributed by atoms with van der Waals surface area (Å²) in [6.07, 6.45) is 7.81. The monoisotopic (exact) mass is 413 g/mol. The first-order chi connectivity index (χ1) is 13.4. The number of aromatic nitrogens is 1. The third kappa shape index (κ3) is 5.57.